The van der Waals surface area contributed by atoms with Crippen molar-refractivity contribution >= 4 is 24.2 Å². The zero-order valence-corrected chi connectivity index (χ0v) is 10.5. The van der Waals surface area contributed by atoms with E-state index < -0.39 is 7.12 Å². The molecule has 0 amide bonds. The second-order valence-corrected chi connectivity index (χ2v) is 4.23. The Kier molecular flexibility index (Phi) is 3.91. The highest BCUT2D eigenvalue weighted by Gasteiger charge is 2.17. The standard InChI is InChI=1S/C11H12BClN2O3/c1-18-10-2-3-11(12(16)17)8(4-10)6-15-7-9(13)5-14-15/h2-5,7,16-17H,6H2,1H3. The van der Waals surface area contributed by atoms with Gasteiger partial charge in [-0.25, -0.2) is 0 Å². The smallest absolute Gasteiger partial charge is 0.488 e. The van der Waals surface area contributed by atoms with Crippen LogP contribution in [-0.2, 0) is 6.54 Å². The highest BCUT2D eigenvalue weighted by Crippen LogP contribution is 2.13. The molecule has 0 radical (unpaired) electrons. The van der Waals surface area contributed by atoms with Crippen LogP contribution in [0.3, 0.4) is 0 Å². The molecule has 0 spiro atoms. The average Bonchev–Trinajstić information content (AvgIpc) is 2.74. The fraction of sp³-hybridized carbons (Fsp3) is 0.182. The van der Waals surface area contributed by atoms with Crippen molar-refractivity contribution in [3.63, 3.8) is 0 Å². The van der Waals surface area contributed by atoms with E-state index in [9.17, 15) is 10.0 Å². The lowest BCUT2D eigenvalue weighted by Gasteiger charge is -2.11. The summed E-state index contributed by atoms with van der Waals surface area (Å²) < 4.78 is 6.73. The second kappa shape index (κ2) is 5.43. The number of aromatic nitrogens is 2. The molecule has 0 saturated carbocycles. The maximum Gasteiger partial charge on any atom is 0.488 e. The Balaban J connectivity index is 2.34. The molecule has 7 heteroatoms. The van der Waals surface area contributed by atoms with Gasteiger partial charge < -0.3 is 14.8 Å². The number of nitrogens with zero attached hydrogens (tertiary/aromatic N) is 2. The summed E-state index contributed by atoms with van der Waals surface area (Å²) in [6.07, 6.45) is 3.19. The van der Waals surface area contributed by atoms with E-state index in [1.54, 1.807) is 36.2 Å². The van der Waals surface area contributed by atoms with Crippen molar-refractivity contribution in [3.05, 3.63) is 41.2 Å². The normalized spacial score (nSPS) is 10.4. The SMILES string of the molecule is COc1ccc(B(O)O)c(Cn2cc(Cl)cn2)c1. The van der Waals surface area contributed by atoms with E-state index >= 15 is 0 Å². The molecule has 0 bridgehead atoms. The van der Waals surface area contributed by atoms with Crippen LogP contribution in [0.4, 0.5) is 0 Å². The van der Waals surface area contributed by atoms with E-state index in [0.29, 0.717) is 28.3 Å². The lowest BCUT2D eigenvalue weighted by molar-refractivity contribution is 0.413. The van der Waals surface area contributed by atoms with E-state index in [2.05, 4.69) is 5.10 Å². The second-order valence-electron chi connectivity index (χ2n) is 3.79. The minimum absolute atomic E-state index is 0.386. The van der Waals surface area contributed by atoms with Crippen molar-refractivity contribution in [3.8, 4) is 5.75 Å². The van der Waals surface area contributed by atoms with Gasteiger partial charge in [-0.2, -0.15) is 5.10 Å². The fourth-order valence-corrected chi connectivity index (χ4v) is 1.85. The summed E-state index contributed by atoms with van der Waals surface area (Å²) in [7, 11) is 0.0239. The van der Waals surface area contributed by atoms with E-state index in [-0.39, 0.29) is 0 Å². The molecular formula is C11H12BClN2O3. The molecule has 0 fully saturated rings. The number of halogens is 1. The molecule has 0 aliphatic carbocycles. The third-order valence-corrected chi connectivity index (χ3v) is 2.76. The number of rotatable bonds is 4. The highest BCUT2D eigenvalue weighted by molar-refractivity contribution is 6.59. The largest absolute Gasteiger partial charge is 0.497 e. The number of ether oxygens (including phenoxy) is 1. The van der Waals surface area contributed by atoms with Gasteiger partial charge >= 0.3 is 7.12 Å². The van der Waals surface area contributed by atoms with Crippen molar-refractivity contribution in [2.75, 3.05) is 7.11 Å². The van der Waals surface area contributed by atoms with Crippen molar-refractivity contribution < 1.29 is 14.8 Å². The molecule has 0 saturated heterocycles. The molecule has 1 aromatic heterocycles. The molecule has 0 atom stereocenters. The van der Waals surface area contributed by atoms with Crippen LogP contribution in [0.25, 0.3) is 0 Å². The zero-order valence-electron chi connectivity index (χ0n) is 9.75. The Morgan fingerprint density at radius 1 is 1.44 bits per heavy atom. The predicted molar refractivity (Wildman–Crippen MR) is 69.2 cm³/mol. The van der Waals surface area contributed by atoms with Crippen LogP contribution in [0.2, 0.25) is 5.02 Å². The average molecular weight is 266 g/mol. The Hall–Kier alpha value is -1.50. The Morgan fingerprint density at radius 3 is 2.78 bits per heavy atom. The summed E-state index contributed by atoms with van der Waals surface area (Å²) in [6, 6.07) is 5.03. The van der Waals surface area contributed by atoms with Crippen LogP contribution < -0.4 is 10.2 Å². The lowest BCUT2D eigenvalue weighted by atomic mass is 9.77. The molecule has 0 aliphatic rings. The molecular weight excluding hydrogens is 254 g/mol. The summed E-state index contributed by atoms with van der Waals surface area (Å²) in [5, 5.41) is 23.2. The highest BCUT2D eigenvalue weighted by atomic mass is 35.5. The molecule has 0 aliphatic heterocycles. The molecule has 2 N–H and O–H groups in total. The molecule has 1 aromatic carbocycles. The number of hydrogen-bond acceptors (Lipinski definition) is 4. The fourth-order valence-electron chi connectivity index (χ4n) is 1.70. The van der Waals surface area contributed by atoms with Crippen LogP contribution in [0.15, 0.2) is 30.6 Å². The van der Waals surface area contributed by atoms with Crippen LogP contribution in [0.1, 0.15) is 5.56 Å². The first-order chi connectivity index (χ1) is 8.60. The van der Waals surface area contributed by atoms with Crippen molar-refractivity contribution in [2.24, 2.45) is 0 Å². The molecule has 94 valence electrons. The first kappa shape index (κ1) is 12.9. The van der Waals surface area contributed by atoms with Crippen LogP contribution in [-0.4, -0.2) is 34.1 Å². The van der Waals surface area contributed by atoms with E-state index in [0.717, 1.165) is 0 Å². The molecule has 2 rings (SSSR count). The first-order valence-corrected chi connectivity index (χ1v) is 5.69. The zero-order chi connectivity index (χ0) is 13.1. The van der Waals surface area contributed by atoms with Gasteiger partial charge in [0.15, 0.2) is 0 Å². The monoisotopic (exact) mass is 266 g/mol. The summed E-state index contributed by atoms with van der Waals surface area (Å²) in [5.74, 6) is 0.646. The summed E-state index contributed by atoms with van der Waals surface area (Å²) in [6.45, 7) is 0.386. The predicted octanol–water partition coefficient (Wildman–Crippen LogP) is 0.273. The van der Waals surface area contributed by atoms with Gasteiger partial charge in [0.1, 0.15) is 5.75 Å². The maximum absolute atomic E-state index is 9.31. The third kappa shape index (κ3) is 2.84. The molecule has 18 heavy (non-hydrogen) atoms. The van der Waals surface area contributed by atoms with Gasteiger partial charge in [-0.05, 0) is 23.2 Å². The van der Waals surface area contributed by atoms with Gasteiger partial charge in [-0.3, -0.25) is 4.68 Å². The Morgan fingerprint density at radius 2 is 2.22 bits per heavy atom. The van der Waals surface area contributed by atoms with Gasteiger partial charge in [0.05, 0.1) is 24.9 Å². The lowest BCUT2D eigenvalue weighted by Crippen LogP contribution is -2.33. The van der Waals surface area contributed by atoms with Gasteiger partial charge in [0.25, 0.3) is 0 Å². The quantitative estimate of drug-likeness (QED) is 0.780. The Labute approximate surface area is 110 Å². The number of benzene rings is 1. The van der Waals surface area contributed by atoms with Crippen LogP contribution in [0, 0.1) is 0 Å². The van der Waals surface area contributed by atoms with Gasteiger partial charge in [0, 0.05) is 6.20 Å². The first-order valence-electron chi connectivity index (χ1n) is 5.31. The Bertz CT molecular complexity index is 545. The van der Waals surface area contributed by atoms with E-state index in [1.165, 1.54) is 6.20 Å². The van der Waals surface area contributed by atoms with Crippen molar-refractivity contribution in [1.82, 2.24) is 9.78 Å². The summed E-state index contributed by atoms with van der Waals surface area (Å²) in [4.78, 5) is 0. The van der Waals surface area contributed by atoms with Crippen molar-refractivity contribution in [1.29, 1.82) is 0 Å². The van der Waals surface area contributed by atoms with Gasteiger partial charge in [-0.15, -0.1) is 0 Å². The summed E-state index contributed by atoms with van der Waals surface area (Å²) >= 11 is 5.78. The minimum Gasteiger partial charge on any atom is -0.497 e. The molecule has 1 heterocycles. The maximum atomic E-state index is 9.31. The minimum atomic E-state index is -1.53. The molecule has 0 unspecified atom stereocenters. The van der Waals surface area contributed by atoms with Crippen LogP contribution >= 0.6 is 11.6 Å². The molecule has 5 nitrogen and oxygen atoms in total. The van der Waals surface area contributed by atoms with Crippen molar-refractivity contribution in [2.45, 2.75) is 6.54 Å². The van der Waals surface area contributed by atoms with E-state index in [1.807, 2.05) is 0 Å². The number of hydrogen-bond donors (Lipinski definition) is 2. The van der Waals surface area contributed by atoms with Gasteiger partial charge in [0.2, 0.25) is 0 Å². The number of methoxy groups -OCH3 is 1. The van der Waals surface area contributed by atoms with Gasteiger partial charge in [-0.1, -0.05) is 17.7 Å². The van der Waals surface area contributed by atoms with E-state index in [4.69, 9.17) is 16.3 Å². The topological polar surface area (TPSA) is 67.5 Å². The third-order valence-electron chi connectivity index (χ3n) is 2.56. The molecule has 2 aromatic rings. The van der Waals surface area contributed by atoms with Crippen LogP contribution in [0.5, 0.6) is 5.75 Å². The summed E-state index contributed by atoms with van der Waals surface area (Å²) in [5.41, 5.74) is 1.13.